The monoisotopic (exact) mass is 384 g/mol. The fraction of sp³-hybridized carbons (Fsp3) is 0.389. The second-order valence-corrected chi connectivity index (χ2v) is 7.15. The van der Waals surface area contributed by atoms with Gasteiger partial charge in [-0.2, -0.15) is 13.2 Å². The Balaban J connectivity index is 1.61. The van der Waals surface area contributed by atoms with Gasteiger partial charge in [-0.05, 0) is 23.6 Å². The van der Waals surface area contributed by atoms with E-state index < -0.39 is 23.8 Å². The lowest BCUT2D eigenvalue weighted by molar-refractivity contribution is -0.138. The Kier molecular flexibility index (Phi) is 5.64. The van der Waals surface area contributed by atoms with Crippen LogP contribution < -0.4 is 0 Å². The first-order valence-corrected chi connectivity index (χ1v) is 9.13. The molecule has 4 nitrogen and oxygen atoms in total. The van der Waals surface area contributed by atoms with Crippen LogP contribution in [0.25, 0.3) is 0 Å². The Morgan fingerprint density at radius 1 is 1.12 bits per heavy atom. The van der Waals surface area contributed by atoms with Crippen molar-refractivity contribution in [3.05, 3.63) is 57.8 Å². The molecule has 1 fully saturated rings. The molecule has 1 saturated heterocycles. The van der Waals surface area contributed by atoms with Crippen molar-refractivity contribution in [1.82, 2.24) is 9.80 Å². The lowest BCUT2D eigenvalue weighted by Crippen LogP contribution is -2.49. The largest absolute Gasteiger partial charge is 0.417 e. The average molecular weight is 384 g/mol. The predicted molar refractivity (Wildman–Crippen MR) is 93.1 cm³/mol. The van der Waals surface area contributed by atoms with Crippen molar-refractivity contribution in [2.75, 3.05) is 32.7 Å². The molecule has 2 heterocycles. The summed E-state index contributed by atoms with van der Waals surface area (Å²) in [4.78, 5) is 16.9. The van der Waals surface area contributed by atoms with E-state index in [9.17, 15) is 23.1 Å². The molecule has 1 atom stereocenters. The number of carbonyl (C=O) groups is 1. The third kappa shape index (κ3) is 4.25. The zero-order chi connectivity index (χ0) is 18.7. The van der Waals surface area contributed by atoms with Crippen LogP contribution in [0.5, 0.6) is 0 Å². The van der Waals surface area contributed by atoms with Crippen LogP contribution in [-0.2, 0) is 6.18 Å². The van der Waals surface area contributed by atoms with Gasteiger partial charge < -0.3 is 10.0 Å². The number of aliphatic hydroxyl groups is 1. The smallest absolute Gasteiger partial charge is 0.386 e. The molecular formula is C18H19F3N2O2S. The summed E-state index contributed by atoms with van der Waals surface area (Å²) in [7, 11) is 0. The second kappa shape index (κ2) is 7.77. The summed E-state index contributed by atoms with van der Waals surface area (Å²) in [6.45, 7) is 2.15. The zero-order valence-electron chi connectivity index (χ0n) is 13.9. The minimum absolute atomic E-state index is 0.313. The summed E-state index contributed by atoms with van der Waals surface area (Å²) in [6, 6.07) is 8.61. The lowest BCUT2D eigenvalue weighted by atomic mass is 10.1. The molecule has 1 aliphatic rings. The zero-order valence-corrected chi connectivity index (χ0v) is 14.8. The first-order chi connectivity index (χ1) is 12.4. The van der Waals surface area contributed by atoms with Gasteiger partial charge in [-0.1, -0.05) is 18.2 Å². The number of amides is 1. The Labute approximate surface area is 153 Å². The maximum atomic E-state index is 13.1. The van der Waals surface area contributed by atoms with E-state index in [1.54, 1.807) is 0 Å². The van der Waals surface area contributed by atoms with Gasteiger partial charge in [-0.3, -0.25) is 9.69 Å². The molecule has 1 unspecified atom stereocenters. The first kappa shape index (κ1) is 18.9. The van der Waals surface area contributed by atoms with Crippen molar-refractivity contribution in [3.8, 4) is 0 Å². The molecule has 8 heteroatoms. The number of alkyl halides is 3. The molecule has 1 aromatic heterocycles. The summed E-state index contributed by atoms with van der Waals surface area (Å²) < 4.78 is 39.3. The maximum Gasteiger partial charge on any atom is 0.417 e. The maximum absolute atomic E-state index is 13.1. The van der Waals surface area contributed by atoms with Crippen molar-refractivity contribution in [1.29, 1.82) is 0 Å². The Hall–Kier alpha value is -1.90. The van der Waals surface area contributed by atoms with E-state index in [1.165, 1.54) is 34.4 Å². The number of hydrogen-bond acceptors (Lipinski definition) is 4. The minimum Gasteiger partial charge on any atom is -0.386 e. The molecule has 0 radical (unpaired) electrons. The Morgan fingerprint density at radius 3 is 2.42 bits per heavy atom. The number of β-amino-alcohol motifs (C(OH)–C–C–N with tert-alkyl or cyclic N) is 1. The van der Waals surface area contributed by atoms with Gasteiger partial charge in [0.05, 0.1) is 11.1 Å². The fourth-order valence-electron chi connectivity index (χ4n) is 3.04. The number of piperazine rings is 1. The van der Waals surface area contributed by atoms with Crippen LogP contribution in [0.4, 0.5) is 13.2 Å². The average Bonchev–Trinajstić information content (AvgIpc) is 3.16. The van der Waals surface area contributed by atoms with Crippen LogP contribution in [0, 0.1) is 0 Å². The normalized spacial score (nSPS) is 17.3. The van der Waals surface area contributed by atoms with Gasteiger partial charge in [0.25, 0.3) is 5.91 Å². The number of hydrogen-bond donors (Lipinski definition) is 1. The van der Waals surface area contributed by atoms with Gasteiger partial charge in [0.15, 0.2) is 0 Å². The highest BCUT2D eigenvalue weighted by Gasteiger charge is 2.36. The highest BCUT2D eigenvalue weighted by molar-refractivity contribution is 7.10. The van der Waals surface area contributed by atoms with Crippen molar-refractivity contribution in [3.63, 3.8) is 0 Å². The molecule has 0 bridgehead atoms. The topological polar surface area (TPSA) is 43.8 Å². The summed E-state index contributed by atoms with van der Waals surface area (Å²) in [5.74, 6) is -0.601. The van der Waals surface area contributed by atoms with Crippen LogP contribution in [0.15, 0.2) is 41.8 Å². The molecule has 1 aliphatic heterocycles. The third-order valence-corrected chi connectivity index (χ3v) is 5.40. The first-order valence-electron chi connectivity index (χ1n) is 8.25. The lowest BCUT2D eigenvalue weighted by Gasteiger charge is -2.35. The standard InChI is InChI=1S/C18H19F3N2O2S/c19-18(20,21)14-5-2-1-4-13(14)17(25)23-9-7-22(8-10-23)12-15(24)16-6-3-11-26-16/h1-6,11,15,24H,7-10,12H2. The van der Waals surface area contributed by atoms with Crippen molar-refractivity contribution < 1.29 is 23.1 Å². The molecule has 140 valence electrons. The van der Waals surface area contributed by atoms with Gasteiger partial charge in [0.2, 0.25) is 0 Å². The van der Waals surface area contributed by atoms with Gasteiger partial charge in [0, 0.05) is 37.6 Å². The second-order valence-electron chi connectivity index (χ2n) is 6.17. The van der Waals surface area contributed by atoms with Crippen molar-refractivity contribution >= 4 is 17.2 Å². The number of nitrogens with zero attached hydrogens (tertiary/aromatic N) is 2. The molecule has 0 spiro atoms. The molecular weight excluding hydrogens is 365 g/mol. The summed E-state index contributed by atoms with van der Waals surface area (Å²) in [5.41, 5.74) is -1.22. The highest BCUT2D eigenvalue weighted by atomic mass is 32.1. The quantitative estimate of drug-likeness (QED) is 0.880. The van der Waals surface area contributed by atoms with Crippen LogP contribution in [-0.4, -0.2) is 53.5 Å². The summed E-state index contributed by atoms with van der Waals surface area (Å²) in [5, 5.41) is 12.1. The van der Waals surface area contributed by atoms with Crippen LogP contribution >= 0.6 is 11.3 Å². The predicted octanol–water partition coefficient (Wildman–Crippen LogP) is 3.26. The molecule has 2 aromatic rings. The summed E-state index contributed by atoms with van der Waals surface area (Å²) in [6.07, 6.45) is -5.15. The molecule has 0 saturated carbocycles. The number of carbonyl (C=O) groups excluding carboxylic acids is 1. The number of thiophene rings is 1. The number of halogens is 3. The van der Waals surface area contributed by atoms with Crippen molar-refractivity contribution in [2.45, 2.75) is 12.3 Å². The van der Waals surface area contributed by atoms with E-state index in [0.29, 0.717) is 32.7 Å². The molecule has 0 aliphatic carbocycles. The third-order valence-electron chi connectivity index (χ3n) is 4.43. The van der Waals surface area contributed by atoms with E-state index >= 15 is 0 Å². The SMILES string of the molecule is O=C(c1ccccc1C(F)(F)F)N1CCN(CC(O)c2cccs2)CC1. The Morgan fingerprint density at radius 2 is 1.81 bits per heavy atom. The molecule has 3 rings (SSSR count). The van der Waals surface area contributed by atoms with E-state index in [0.717, 1.165) is 10.9 Å². The van der Waals surface area contributed by atoms with Crippen LogP contribution in [0.1, 0.15) is 26.9 Å². The highest BCUT2D eigenvalue weighted by Crippen LogP contribution is 2.32. The number of rotatable bonds is 4. The molecule has 26 heavy (non-hydrogen) atoms. The van der Waals surface area contributed by atoms with Gasteiger partial charge in [-0.25, -0.2) is 0 Å². The van der Waals surface area contributed by atoms with E-state index in [2.05, 4.69) is 0 Å². The van der Waals surface area contributed by atoms with Gasteiger partial charge >= 0.3 is 6.18 Å². The van der Waals surface area contributed by atoms with E-state index in [1.807, 2.05) is 22.4 Å². The fourth-order valence-corrected chi connectivity index (χ4v) is 3.74. The molecule has 1 N–H and O–H groups in total. The molecule has 1 aromatic carbocycles. The van der Waals surface area contributed by atoms with E-state index in [-0.39, 0.29) is 5.56 Å². The molecule has 1 amide bonds. The van der Waals surface area contributed by atoms with Crippen LogP contribution in [0.2, 0.25) is 0 Å². The Bertz CT molecular complexity index is 741. The minimum atomic E-state index is -4.56. The van der Waals surface area contributed by atoms with Gasteiger partial charge in [-0.15, -0.1) is 11.3 Å². The number of benzene rings is 1. The summed E-state index contributed by atoms with van der Waals surface area (Å²) >= 11 is 1.48. The number of aliphatic hydroxyl groups excluding tert-OH is 1. The van der Waals surface area contributed by atoms with Crippen molar-refractivity contribution in [2.24, 2.45) is 0 Å². The van der Waals surface area contributed by atoms with Crippen LogP contribution in [0.3, 0.4) is 0 Å². The van der Waals surface area contributed by atoms with E-state index in [4.69, 9.17) is 0 Å². The van der Waals surface area contributed by atoms with Gasteiger partial charge in [0.1, 0.15) is 6.10 Å².